The smallest absolute Gasteiger partial charge is 0.401 e. The molecule has 0 spiro atoms. The molecule has 0 saturated carbocycles. The average molecular weight is 344 g/mol. The van der Waals surface area contributed by atoms with Crippen LogP contribution >= 0.6 is 0 Å². The Morgan fingerprint density at radius 1 is 1.38 bits per heavy atom. The van der Waals surface area contributed by atoms with E-state index in [9.17, 15) is 22.8 Å². The molecule has 2 N–H and O–H groups in total. The Labute approximate surface area is 137 Å². The molecule has 2 rings (SSSR count). The number of nitrogens with zero attached hydrogens (tertiary/aromatic N) is 1. The summed E-state index contributed by atoms with van der Waals surface area (Å²) in [5.74, 6) is -1.58. The lowest BCUT2D eigenvalue weighted by molar-refractivity contribution is -0.143. The van der Waals surface area contributed by atoms with E-state index in [2.05, 4.69) is 5.32 Å². The summed E-state index contributed by atoms with van der Waals surface area (Å²) >= 11 is 0. The molecule has 0 aromatic heterocycles. The summed E-state index contributed by atoms with van der Waals surface area (Å²) in [6.07, 6.45) is -3.63. The summed E-state index contributed by atoms with van der Waals surface area (Å²) in [6, 6.07) is 4.27. The summed E-state index contributed by atoms with van der Waals surface area (Å²) in [5, 5.41) is 11.7. The number of halogens is 3. The van der Waals surface area contributed by atoms with Gasteiger partial charge in [-0.2, -0.15) is 13.2 Å². The van der Waals surface area contributed by atoms with Gasteiger partial charge in [0.1, 0.15) is 0 Å². The van der Waals surface area contributed by atoms with E-state index in [4.69, 9.17) is 5.11 Å². The molecule has 0 aliphatic carbocycles. The minimum Gasteiger partial charge on any atom is -0.478 e. The van der Waals surface area contributed by atoms with Crippen molar-refractivity contribution in [1.29, 1.82) is 0 Å². The second kappa shape index (κ2) is 7.21. The summed E-state index contributed by atoms with van der Waals surface area (Å²) < 4.78 is 37.1. The Bertz CT molecular complexity index is 631. The van der Waals surface area contributed by atoms with E-state index in [1.807, 2.05) is 0 Å². The summed E-state index contributed by atoms with van der Waals surface area (Å²) in [4.78, 5) is 24.5. The van der Waals surface area contributed by atoms with Crippen LogP contribution in [0.15, 0.2) is 18.2 Å². The molecule has 1 fully saturated rings. The number of carbonyl (C=O) groups excluding carboxylic acids is 1. The van der Waals surface area contributed by atoms with Crippen LogP contribution in [0.4, 0.5) is 13.2 Å². The third-order valence-corrected chi connectivity index (χ3v) is 4.05. The van der Waals surface area contributed by atoms with Crippen molar-refractivity contribution in [3.8, 4) is 0 Å². The molecule has 1 amide bonds. The number of alkyl halides is 3. The van der Waals surface area contributed by atoms with Gasteiger partial charge in [-0.3, -0.25) is 9.69 Å². The molecule has 1 unspecified atom stereocenters. The Balaban J connectivity index is 1.90. The number of hydrogen-bond acceptors (Lipinski definition) is 3. The molecule has 1 aliphatic rings. The molecule has 8 heteroatoms. The second-order valence-corrected chi connectivity index (χ2v) is 6.05. The van der Waals surface area contributed by atoms with Crippen molar-refractivity contribution < 1.29 is 27.9 Å². The van der Waals surface area contributed by atoms with E-state index in [1.54, 1.807) is 13.0 Å². The molecular formula is C16H19F3N2O3. The molecule has 1 aromatic rings. The van der Waals surface area contributed by atoms with Crippen LogP contribution in [0.3, 0.4) is 0 Å². The Hall–Kier alpha value is -2.09. The number of hydrogen-bond donors (Lipinski definition) is 2. The molecule has 1 aliphatic heterocycles. The normalized spacial score (nSPS) is 18.6. The monoisotopic (exact) mass is 344 g/mol. The standard InChI is InChI=1S/C16H19F3N2O3/c1-10-2-3-12(15(23)24)6-13(10)14(22)20-7-11-4-5-21(8-11)9-16(17,18)19/h2-3,6,11H,4-5,7-9H2,1H3,(H,20,22)(H,23,24). The number of aryl methyl sites for hydroxylation is 1. The first kappa shape index (κ1) is 18.3. The first-order valence-electron chi connectivity index (χ1n) is 7.57. The molecule has 5 nitrogen and oxygen atoms in total. The van der Waals surface area contributed by atoms with Crippen molar-refractivity contribution in [2.75, 3.05) is 26.2 Å². The number of likely N-dealkylation sites (tertiary alicyclic amines) is 1. The predicted molar refractivity (Wildman–Crippen MR) is 81.1 cm³/mol. The van der Waals surface area contributed by atoms with E-state index < -0.39 is 24.6 Å². The maximum atomic E-state index is 12.4. The van der Waals surface area contributed by atoms with Gasteiger partial charge < -0.3 is 10.4 Å². The molecule has 1 aromatic carbocycles. The number of amides is 1. The highest BCUT2D eigenvalue weighted by Crippen LogP contribution is 2.22. The number of rotatable bonds is 5. The van der Waals surface area contributed by atoms with Crippen LogP contribution in [0.25, 0.3) is 0 Å². The van der Waals surface area contributed by atoms with Crippen LogP contribution < -0.4 is 5.32 Å². The lowest BCUT2D eigenvalue weighted by atomic mass is 10.0. The van der Waals surface area contributed by atoms with Crippen molar-refractivity contribution in [3.05, 3.63) is 34.9 Å². The maximum absolute atomic E-state index is 12.4. The van der Waals surface area contributed by atoms with Crippen LogP contribution in [-0.4, -0.2) is 54.2 Å². The lowest BCUT2D eigenvalue weighted by Gasteiger charge is -2.18. The fourth-order valence-corrected chi connectivity index (χ4v) is 2.81. The number of benzene rings is 1. The van der Waals surface area contributed by atoms with Crippen molar-refractivity contribution in [1.82, 2.24) is 10.2 Å². The SMILES string of the molecule is Cc1ccc(C(=O)O)cc1C(=O)NCC1CCN(CC(F)(F)F)C1. The predicted octanol–water partition coefficient (Wildman–Crippen LogP) is 2.31. The Kier molecular flexibility index (Phi) is 5.48. The third kappa shape index (κ3) is 4.95. The van der Waals surface area contributed by atoms with Gasteiger partial charge in [-0.15, -0.1) is 0 Å². The largest absolute Gasteiger partial charge is 0.478 e. The lowest BCUT2D eigenvalue weighted by Crippen LogP contribution is -2.34. The summed E-state index contributed by atoms with van der Waals surface area (Å²) in [5.41, 5.74) is 0.922. The van der Waals surface area contributed by atoms with Crippen molar-refractivity contribution in [2.24, 2.45) is 5.92 Å². The topological polar surface area (TPSA) is 69.6 Å². The summed E-state index contributed by atoms with van der Waals surface area (Å²) in [7, 11) is 0. The maximum Gasteiger partial charge on any atom is 0.401 e. The van der Waals surface area contributed by atoms with E-state index in [-0.39, 0.29) is 30.1 Å². The highest BCUT2D eigenvalue weighted by Gasteiger charge is 2.34. The van der Waals surface area contributed by atoms with E-state index >= 15 is 0 Å². The minimum atomic E-state index is -4.22. The first-order valence-corrected chi connectivity index (χ1v) is 7.57. The number of carbonyl (C=O) groups is 2. The zero-order chi connectivity index (χ0) is 17.9. The summed E-state index contributed by atoms with van der Waals surface area (Å²) in [6.45, 7) is 1.67. The van der Waals surface area contributed by atoms with Crippen LogP contribution in [0.1, 0.15) is 32.7 Å². The number of carboxylic acids is 1. The zero-order valence-corrected chi connectivity index (χ0v) is 13.2. The number of carboxylic acid groups (broad SMARTS) is 1. The molecule has 0 radical (unpaired) electrons. The van der Waals surface area contributed by atoms with E-state index in [0.717, 1.165) is 0 Å². The van der Waals surface area contributed by atoms with Crippen molar-refractivity contribution in [3.63, 3.8) is 0 Å². The van der Waals surface area contributed by atoms with Crippen LogP contribution in [0.2, 0.25) is 0 Å². The fraction of sp³-hybridized carbons (Fsp3) is 0.500. The van der Waals surface area contributed by atoms with Crippen LogP contribution in [-0.2, 0) is 0 Å². The molecule has 24 heavy (non-hydrogen) atoms. The highest BCUT2D eigenvalue weighted by atomic mass is 19.4. The number of nitrogens with one attached hydrogen (secondary N) is 1. The van der Waals surface area contributed by atoms with Crippen LogP contribution in [0, 0.1) is 12.8 Å². The van der Waals surface area contributed by atoms with Gasteiger partial charge in [0.2, 0.25) is 0 Å². The Morgan fingerprint density at radius 2 is 2.08 bits per heavy atom. The number of aromatic carboxylic acids is 1. The van der Waals surface area contributed by atoms with Crippen molar-refractivity contribution >= 4 is 11.9 Å². The zero-order valence-electron chi connectivity index (χ0n) is 13.2. The third-order valence-electron chi connectivity index (χ3n) is 4.05. The minimum absolute atomic E-state index is 0.0166. The molecule has 1 saturated heterocycles. The van der Waals surface area contributed by atoms with Crippen molar-refractivity contribution in [2.45, 2.75) is 19.5 Å². The van der Waals surface area contributed by atoms with Gasteiger partial charge in [-0.1, -0.05) is 6.07 Å². The van der Waals surface area contributed by atoms with Gasteiger partial charge in [0, 0.05) is 18.7 Å². The Morgan fingerprint density at radius 3 is 2.71 bits per heavy atom. The van der Waals surface area contributed by atoms with Gasteiger partial charge in [0.05, 0.1) is 12.1 Å². The fourth-order valence-electron chi connectivity index (χ4n) is 2.81. The van der Waals surface area contributed by atoms with Gasteiger partial charge in [-0.05, 0) is 43.5 Å². The van der Waals surface area contributed by atoms with E-state index in [1.165, 1.54) is 17.0 Å². The molecular weight excluding hydrogens is 325 g/mol. The quantitative estimate of drug-likeness (QED) is 0.860. The molecule has 1 heterocycles. The molecule has 1 atom stereocenters. The average Bonchev–Trinajstić information content (AvgIpc) is 2.90. The molecule has 0 bridgehead atoms. The first-order chi connectivity index (χ1) is 11.2. The van der Waals surface area contributed by atoms with Gasteiger partial charge >= 0.3 is 12.1 Å². The van der Waals surface area contributed by atoms with E-state index in [0.29, 0.717) is 18.5 Å². The highest BCUT2D eigenvalue weighted by molar-refractivity contribution is 5.98. The molecule has 132 valence electrons. The van der Waals surface area contributed by atoms with Gasteiger partial charge in [0.15, 0.2) is 0 Å². The van der Waals surface area contributed by atoms with Gasteiger partial charge in [0.25, 0.3) is 5.91 Å². The van der Waals surface area contributed by atoms with Crippen LogP contribution in [0.5, 0.6) is 0 Å². The second-order valence-electron chi connectivity index (χ2n) is 6.05. The van der Waals surface area contributed by atoms with Gasteiger partial charge in [-0.25, -0.2) is 4.79 Å².